The SMILES string of the molecule is CNCc1cc(Cl)ccc1SCCN(C)C. The highest BCUT2D eigenvalue weighted by atomic mass is 35.5. The monoisotopic (exact) mass is 258 g/mol. The largest absolute Gasteiger partial charge is 0.316 e. The fourth-order valence-electron chi connectivity index (χ4n) is 1.36. The Morgan fingerprint density at radius 3 is 2.75 bits per heavy atom. The van der Waals surface area contributed by atoms with E-state index in [0.717, 1.165) is 23.9 Å². The van der Waals surface area contributed by atoms with Crippen LogP contribution < -0.4 is 5.32 Å². The van der Waals surface area contributed by atoms with Crippen LogP contribution >= 0.6 is 23.4 Å². The minimum Gasteiger partial charge on any atom is -0.316 e. The van der Waals surface area contributed by atoms with E-state index >= 15 is 0 Å². The van der Waals surface area contributed by atoms with Crippen molar-refractivity contribution < 1.29 is 0 Å². The lowest BCUT2D eigenvalue weighted by Crippen LogP contribution is -2.15. The summed E-state index contributed by atoms with van der Waals surface area (Å²) in [5.41, 5.74) is 1.28. The summed E-state index contributed by atoms with van der Waals surface area (Å²) in [5.74, 6) is 1.10. The van der Waals surface area contributed by atoms with Crippen molar-refractivity contribution in [1.82, 2.24) is 10.2 Å². The number of benzene rings is 1. The Kier molecular flexibility index (Phi) is 6.21. The molecule has 1 aromatic rings. The molecule has 0 heterocycles. The van der Waals surface area contributed by atoms with Gasteiger partial charge in [-0.05, 0) is 44.9 Å². The minimum atomic E-state index is 0.808. The Morgan fingerprint density at radius 1 is 1.38 bits per heavy atom. The van der Waals surface area contributed by atoms with Crippen molar-refractivity contribution in [1.29, 1.82) is 0 Å². The molecule has 0 aliphatic heterocycles. The molecule has 0 aliphatic rings. The molecule has 0 saturated carbocycles. The molecule has 0 aromatic heterocycles. The molecule has 0 radical (unpaired) electrons. The molecule has 4 heteroatoms. The minimum absolute atomic E-state index is 0.808. The van der Waals surface area contributed by atoms with E-state index < -0.39 is 0 Å². The number of nitrogens with zero attached hydrogens (tertiary/aromatic N) is 1. The molecule has 0 unspecified atom stereocenters. The Labute approximate surface area is 107 Å². The van der Waals surface area contributed by atoms with Crippen molar-refractivity contribution in [2.75, 3.05) is 33.4 Å². The second-order valence-electron chi connectivity index (χ2n) is 3.93. The van der Waals surface area contributed by atoms with E-state index in [0.29, 0.717) is 0 Å². The number of halogens is 1. The molecule has 0 aliphatic carbocycles. The average molecular weight is 259 g/mol. The maximum atomic E-state index is 5.99. The standard InChI is InChI=1S/C12H19ClN2S/c1-14-9-10-8-11(13)4-5-12(10)16-7-6-15(2)3/h4-5,8,14H,6-7,9H2,1-3H3. The van der Waals surface area contributed by atoms with Crippen LogP contribution in [-0.4, -0.2) is 38.3 Å². The van der Waals surface area contributed by atoms with E-state index in [-0.39, 0.29) is 0 Å². The molecule has 1 N–H and O–H groups in total. The maximum Gasteiger partial charge on any atom is 0.0410 e. The molecule has 2 nitrogen and oxygen atoms in total. The molecule has 1 aromatic carbocycles. The van der Waals surface area contributed by atoms with Crippen LogP contribution in [0.3, 0.4) is 0 Å². The summed E-state index contributed by atoms with van der Waals surface area (Å²) in [7, 11) is 6.14. The Hall–Kier alpha value is -0.220. The van der Waals surface area contributed by atoms with Crippen molar-refractivity contribution in [3.8, 4) is 0 Å². The molecule has 0 bridgehead atoms. The molecule has 16 heavy (non-hydrogen) atoms. The van der Waals surface area contributed by atoms with Gasteiger partial charge in [0.15, 0.2) is 0 Å². The predicted octanol–water partition coefficient (Wildman–Crippen LogP) is 2.71. The van der Waals surface area contributed by atoms with E-state index in [1.165, 1.54) is 10.5 Å². The summed E-state index contributed by atoms with van der Waals surface area (Å²) in [5, 5.41) is 3.98. The Balaban J connectivity index is 2.63. The molecular formula is C12H19ClN2S. The van der Waals surface area contributed by atoms with E-state index in [4.69, 9.17) is 11.6 Å². The summed E-state index contributed by atoms with van der Waals surface area (Å²) >= 11 is 7.88. The summed E-state index contributed by atoms with van der Waals surface area (Å²) in [6.45, 7) is 1.96. The van der Waals surface area contributed by atoms with Crippen LogP contribution in [0.4, 0.5) is 0 Å². The molecule has 1 rings (SSSR count). The Bertz CT molecular complexity index is 329. The number of hydrogen-bond donors (Lipinski definition) is 1. The topological polar surface area (TPSA) is 15.3 Å². The molecule has 0 amide bonds. The zero-order chi connectivity index (χ0) is 12.0. The number of nitrogens with one attached hydrogen (secondary N) is 1. The third-order valence-electron chi connectivity index (χ3n) is 2.19. The van der Waals surface area contributed by atoms with Crippen molar-refractivity contribution in [2.45, 2.75) is 11.4 Å². The highest BCUT2D eigenvalue weighted by molar-refractivity contribution is 7.99. The molecule has 90 valence electrons. The number of hydrogen-bond acceptors (Lipinski definition) is 3. The lowest BCUT2D eigenvalue weighted by Gasteiger charge is -2.12. The average Bonchev–Trinajstić information content (AvgIpc) is 2.21. The molecule has 0 saturated heterocycles. The van der Waals surface area contributed by atoms with Gasteiger partial charge in [0.25, 0.3) is 0 Å². The normalized spacial score (nSPS) is 11.1. The fraction of sp³-hybridized carbons (Fsp3) is 0.500. The van der Waals surface area contributed by atoms with Gasteiger partial charge >= 0.3 is 0 Å². The van der Waals surface area contributed by atoms with Crippen LogP contribution in [0.2, 0.25) is 5.02 Å². The van der Waals surface area contributed by atoms with Gasteiger partial charge in [-0.2, -0.15) is 0 Å². The van der Waals surface area contributed by atoms with Gasteiger partial charge in [-0.1, -0.05) is 11.6 Å². The summed E-state index contributed by atoms with van der Waals surface area (Å²) in [6, 6.07) is 6.10. The third kappa shape index (κ3) is 4.74. The van der Waals surface area contributed by atoms with Crippen molar-refractivity contribution in [3.05, 3.63) is 28.8 Å². The highest BCUT2D eigenvalue weighted by Crippen LogP contribution is 2.25. The summed E-state index contributed by atoms with van der Waals surface area (Å²) in [6.07, 6.45) is 0. The van der Waals surface area contributed by atoms with Gasteiger partial charge < -0.3 is 10.2 Å². The van der Waals surface area contributed by atoms with Crippen molar-refractivity contribution in [3.63, 3.8) is 0 Å². The van der Waals surface area contributed by atoms with Crippen LogP contribution in [0.15, 0.2) is 23.1 Å². The van der Waals surface area contributed by atoms with Crippen LogP contribution in [0.25, 0.3) is 0 Å². The van der Waals surface area contributed by atoms with E-state index in [9.17, 15) is 0 Å². The summed E-state index contributed by atoms with van der Waals surface area (Å²) in [4.78, 5) is 3.52. The maximum absolute atomic E-state index is 5.99. The molecule has 0 fully saturated rings. The first-order valence-corrected chi connectivity index (χ1v) is 6.70. The first kappa shape index (κ1) is 13.8. The second kappa shape index (κ2) is 7.17. The Morgan fingerprint density at radius 2 is 2.12 bits per heavy atom. The first-order chi connectivity index (χ1) is 7.63. The van der Waals surface area contributed by atoms with Crippen LogP contribution in [0.1, 0.15) is 5.56 Å². The van der Waals surface area contributed by atoms with Gasteiger partial charge in [-0.15, -0.1) is 11.8 Å². The lowest BCUT2D eigenvalue weighted by molar-refractivity contribution is 0.437. The predicted molar refractivity (Wildman–Crippen MR) is 73.5 cm³/mol. The second-order valence-corrected chi connectivity index (χ2v) is 5.51. The van der Waals surface area contributed by atoms with Crippen LogP contribution in [0.5, 0.6) is 0 Å². The van der Waals surface area contributed by atoms with Gasteiger partial charge in [0.05, 0.1) is 0 Å². The quantitative estimate of drug-likeness (QED) is 0.790. The van der Waals surface area contributed by atoms with Crippen LogP contribution in [0, 0.1) is 0 Å². The molecule has 0 atom stereocenters. The smallest absolute Gasteiger partial charge is 0.0410 e. The number of thioether (sulfide) groups is 1. The van der Waals surface area contributed by atoms with Gasteiger partial charge in [-0.25, -0.2) is 0 Å². The molecule has 0 spiro atoms. The van der Waals surface area contributed by atoms with E-state index in [2.05, 4.69) is 30.4 Å². The zero-order valence-corrected chi connectivity index (χ0v) is 11.7. The van der Waals surface area contributed by atoms with Gasteiger partial charge in [0.1, 0.15) is 0 Å². The van der Waals surface area contributed by atoms with E-state index in [1.807, 2.05) is 30.9 Å². The first-order valence-electron chi connectivity index (χ1n) is 5.34. The number of rotatable bonds is 6. The zero-order valence-electron chi connectivity index (χ0n) is 10.1. The van der Waals surface area contributed by atoms with E-state index in [1.54, 1.807) is 0 Å². The lowest BCUT2D eigenvalue weighted by atomic mass is 10.2. The fourth-order valence-corrected chi connectivity index (χ4v) is 2.71. The summed E-state index contributed by atoms with van der Waals surface area (Å²) < 4.78 is 0. The van der Waals surface area contributed by atoms with Crippen molar-refractivity contribution in [2.24, 2.45) is 0 Å². The highest BCUT2D eigenvalue weighted by Gasteiger charge is 2.03. The van der Waals surface area contributed by atoms with Crippen molar-refractivity contribution >= 4 is 23.4 Å². The van der Waals surface area contributed by atoms with Crippen LogP contribution in [-0.2, 0) is 6.54 Å². The third-order valence-corrected chi connectivity index (χ3v) is 3.52. The van der Waals surface area contributed by atoms with Gasteiger partial charge in [-0.3, -0.25) is 0 Å². The van der Waals surface area contributed by atoms with Gasteiger partial charge in [0, 0.05) is 28.8 Å². The van der Waals surface area contributed by atoms with Gasteiger partial charge in [0.2, 0.25) is 0 Å². The molecular weight excluding hydrogens is 240 g/mol.